The van der Waals surface area contributed by atoms with Gasteiger partial charge in [-0.15, -0.1) is 0 Å². The van der Waals surface area contributed by atoms with Crippen molar-refractivity contribution in [2.45, 2.75) is 18.7 Å². The van der Waals surface area contributed by atoms with E-state index >= 15 is 4.39 Å². The molecule has 9 nitrogen and oxygen atoms in total. The van der Waals surface area contributed by atoms with E-state index < -0.39 is 40.5 Å². The highest BCUT2D eigenvalue weighted by Gasteiger charge is 2.42. The van der Waals surface area contributed by atoms with E-state index in [0.717, 1.165) is 36.0 Å². The number of esters is 1. The Morgan fingerprint density at radius 1 is 0.810 bits per heavy atom. The van der Waals surface area contributed by atoms with Gasteiger partial charge in [-0.1, -0.05) is 97.6 Å². The molecule has 298 valence electrons. The third-order valence-corrected chi connectivity index (χ3v) is 9.43. The first-order valence-corrected chi connectivity index (χ1v) is 18.0. The summed E-state index contributed by atoms with van der Waals surface area (Å²) in [4.78, 5) is 39.6. The number of ether oxygens (including phenoxy) is 4. The summed E-state index contributed by atoms with van der Waals surface area (Å²) in [5, 5.41) is -0.242. The molecule has 1 heterocycles. The quantitative estimate of drug-likeness (QED) is 0.0471. The van der Waals surface area contributed by atoms with Gasteiger partial charge in [0.25, 0.3) is 0 Å². The molecular weight excluding hydrogens is 756 g/mol. The zero-order chi connectivity index (χ0) is 41.6. The zero-order valence-corrected chi connectivity index (χ0v) is 31.7. The molecule has 0 unspecified atom stereocenters. The summed E-state index contributed by atoms with van der Waals surface area (Å²) in [5.41, 5.74) is -0.172. The largest absolute Gasteiger partial charge is 0.471 e. The summed E-state index contributed by atoms with van der Waals surface area (Å²) < 4.78 is 81.0. The third-order valence-electron chi connectivity index (χ3n) is 9.43. The molecule has 0 aliphatic heterocycles. The lowest BCUT2D eigenvalue weighted by atomic mass is 9.80. The van der Waals surface area contributed by atoms with Crippen molar-refractivity contribution in [3.05, 3.63) is 178 Å². The van der Waals surface area contributed by atoms with Crippen LogP contribution in [0.3, 0.4) is 0 Å². The number of halogens is 4. The number of amides is 1. The highest BCUT2D eigenvalue weighted by molar-refractivity contribution is 5.99. The molecule has 1 aromatic heterocycles. The number of methoxy groups -OCH3 is 1. The van der Waals surface area contributed by atoms with Crippen LogP contribution in [0.15, 0.2) is 139 Å². The number of alkyl halides is 3. The molecule has 0 radical (unpaired) electrons. The van der Waals surface area contributed by atoms with Gasteiger partial charge in [0.2, 0.25) is 5.43 Å². The van der Waals surface area contributed by atoms with Gasteiger partial charge in [-0.05, 0) is 59.5 Å². The summed E-state index contributed by atoms with van der Waals surface area (Å²) in [7, 11) is 2.22. The smallest absolute Gasteiger partial charge is 0.465 e. The Labute approximate surface area is 331 Å². The van der Waals surface area contributed by atoms with Crippen molar-refractivity contribution in [2.24, 2.45) is 0 Å². The Morgan fingerprint density at radius 3 is 1.90 bits per heavy atom. The van der Waals surface area contributed by atoms with E-state index in [-0.39, 0.29) is 59.2 Å². The fourth-order valence-corrected chi connectivity index (χ4v) is 6.69. The second kappa shape index (κ2) is 17.3. The van der Waals surface area contributed by atoms with Crippen LogP contribution < -0.4 is 15.1 Å². The molecule has 0 aliphatic rings. The summed E-state index contributed by atoms with van der Waals surface area (Å²) in [6, 6.07) is 34.8. The Balaban J connectivity index is 1.52. The standard InChI is InChI=1S/C45H38F4N2O7/c1-5-56-42(53)36-26-51(33-21-22-40(57-28-55-4)39(23-33)50(3)43(54)45(47,48)49)38-25-34(37(46)24-35(38)41(36)52)29(2)27-58-44(30-15-9-6-10-16-30,31-17-11-7-12-18-31)32-19-13-8-14-20-32/h6-26H,2,5,27-28H2,1,3-4H3. The van der Waals surface area contributed by atoms with Crippen molar-refractivity contribution < 1.29 is 46.1 Å². The molecule has 0 bridgehead atoms. The average molecular weight is 795 g/mol. The lowest BCUT2D eigenvalue weighted by molar-refractivity contribution is -0.170. The predicted molar refractivity (Wildman–Crippen MR) is 212 cm³/mol. The number of rotatable bonds is 14. The maximum atomic E-state index is 16.3. The lowest BCUT2D eigenvalue weighted by Gasteiger charge is -2.36. The number of carbonyl (C=O) groups excluding carboxylic acids is 2. The highest BCUT2D eigenvalue weighted by Crippen LogP contribution is 2.42. The summed E-state index contributed by atoms with van der Waals surface area (Å²) in [6.07, 6.45) is -4.09. The fourth-order valence-electron chi connectivity index (χ4n) is 6.69. The van der Waals surface area contributed by atoms with Crippen LogP contribution in [0, 0.1) is 5.82 Å². The van der Waals surface area contributed by atoms with E-state index in [1.165, 1.54) is 42.9 Å². The van der Waals surface area contributed by atoms with Crippen LogP contribution in [-0.2, 0) is 24.6 Å². The molecule has 6 rings (SSSR count). The van der Waals surface area contributed by atoms with Gasteiger partial charge in [-0.3, -0.25) is 9.59 Å². The Kier molecular flexibility index (Phi) is 12.2. The molecular formula is C45H38F4N2O7. The molecule has 0 spiro atoms. The number of pyridine rings is 1. The Morgan fingerprint density at radius 2 is 1.38 bits per heavy atom. The number of carbonyl (C=O) groups is 2. The van der Waals surface area contributed by atoms with Crippen molar-refractivity contribution >= 4 is 34.0 Å². The molecule has 1 amide bonds. The average Bonchev–Trinajstić information content (AvgIpc) is 3.23. The molecule has 0 N–H and O–H groups in total. The van der Waals surface area contributed by atoms with Crippen LogP contribution >= 0.6 is 0 Å². The molecule has 13 heteroatoms. The van der Waals surface area contributed by atoms with Crippen molar-refractivity contribution in [3.8, 4) is 11.4 Å². The van der Waals surface area contributed by atoms with E-state index in [4.69, 9.17) is 18.9 Å². The molecule has 0 aliphatic carbocycles. The van der Waals surface area contributed by atoms with Crippen molar-refractivity contribution in [2.75, 3.05) is 39.1 Å². The normalized spacial score (nSPS) is 11.6. The molecule has 6 aromatic rings. The molecule has 0 fully saturated rings. The third kappa shape index (κ3) is 8.13. The second-order valence-electron chi connectivity index (χ2n) is 13.0. The monoisotopic (exact) mass is 794 g/mol. The number of hydrogen-bond donors (Lipinski definition) is 0. The first-order chi connectivity index (χ1) is 27.8. The van der Waals surface area contributed by atoms with Crippen molar-refractivity contribution in [1.82, 2.24) is 4.57 Å². The predicted octanol–water partition coefficient (Wildman–Crippen LogP) is 8.84. The number of hydrogen-bond acceptors (Lipinski definition) is 7. The van der Waals surface area contributed by atoms with Gasteiger partial charge in [-0.25, -0.2) is 9.18 Å². The second-order valence-corrected chi connectivity index (χ2v) is 13.0. The summed E-state index contributed by atoms with van der Waals surface area (Å²) in [6.45, 7) is 5.07. The van der Waals surface area contributed by atoms with Gasteiger partial charge in [0.05, 0.1) is 24.4 Å². The van der Waals surface area contributed by atoms with E-state index in [0.29, 0.717) is 4.90 Å². The van der Waals surface area contributed by atoms with Gasteiger partial charge in [-0.2, -0.15) is 13.2 Å². The first kappa shape index (κ1) is 41.1. The number of anilines is 1. The van der Waals surface area contributed by atoms with Gasteiger partial charge >= 0.3 is 18.1 Å². The summed E-state index contributed by atoms with van der Waals surface area (Å²) >= 11 is 0. The summed E-state index contributed by atoms with van der Waals surface area (Å²) in [5.74, 6) is -4.19. The van der Waals surface area contributed by atoms with Gasteiger partial charge in [0, 0.05) is 37.0 Å². The van der Waals surface area contributed by atoms with Crippen molar-refractivity contribution in [1.29, 1.82) is 0 Å². The van der Waals surface area contributed by atoms with Crippen LogP contribution in [0.25, 0.3) is 22.2 Å². The van der Waals surface area contributed by atoms with Crippen molar-refractivity contribution in [3.63, 3.8) is 0 Å². The topological polar surface area (TPSA) is 96.3 Å². The minimum Gasteiger partial charge on any atom is -0.465 e. The minimum absolute atomic E-state index is 0.0442. The van der Waals surface area contributed by atoms with Crippen LogP contribution in [0.5, 0.6) is 5.75 Å². The minimum atomic E-state index is -5.24. The van der Waals surface area contributed by atoms with Gasteiger partial charge < -0.3 is 28.4 Å². The van der Waals surface area contributed by atoms with Crippen LogP contribution in [0.1, 0.15) is 39.5 Å². The van der Waals surface area contributed by atoms with E-state index in [1.54, 1.807) is 0 Å². The zero-order valence-electron chi connectivity index (χ0n) is 31.7. The molecule has 0 saturated heterocycles. The first-order valence-electron chi connectivity index (χ1n) is 18.0. The van der Waals surface area contributed by atoms with Crippen LogP contribution in [-0.4, -0.2) is 56.8 Å². The number of aromatic nitrogens is 1. The van der Waals surface area contributed by atoms with Gasteiger partial charge in [0.15, 0.2) is 6.79 Å². The molecule has 5 aromatic carbocycles. The van der Waals surface area contributed by atoms with Gasteiger partial charge in [0.1, 0.15) is 22.7 Å². The van der Waals surface area contributed by atoms with Crippen LogP contribution in [0.4, 0.5) is 23.2 Å². The Hall–Kier alpha value is -6.57. The molecule has 58 heavy (non-hydrogen) atoms. The maximum absolute atomic E-state index is 16.3. The fraction of sp³-hybridized carbons (Fsp3) is 0.178. The Bertz CT molecular complexity index is 2410. The molecule has 0 atom stereocenters. The number of fused-ring (bicyclic) bond motifs is 1. The van der Waals surface area contributed by atoms with E-state index in [2.05, 4.69) is 6.58 Å². The SMILES string of the molecule is C=C(COC(c1ccccc1)(c1ccccc1)c1ccccc1)c1cc2c(cc1F)c(=O)c(C(=O)OCC)cn2-c1ccc(OCOC)c(N(C)C(=O)C(F)(F)F)c1. The van der Waals surface area contributed by atoms with E-state index in [1.807, 2.05) is 91.0 Å². The molecule has 0 saturated carbocycles. The highest BCUT2D eigenvalue weighted by atomic mass is 19.4. The number of nitrogens with zero attached hydrogens (tertiary/aromatic N) is 2. The van der Waals surface area contributed by atoms with E-state index in [9.17, 15) is 27.6 Å². The van der Waals surface area contributed by atoms with Crippen LogP contribution in [0.2, 0.25) is 0 Å². The lowest BCUT2D eigenvalue weighted by Crippen LogP contribution is -2.38. The number of benzene rings is 5. The maximum Gasteiger partial charge on any atom is 0.471 e.